The third-order valence-corrected chi connectivity index (χ3v) is 4.10. The molecule has 0 aliphatic carbocycles. The largest absolute Gasteiger partial charge is 0.484 e. The summed E-state index contributed by atoms with van der Waals surface area (Å²) in [6.45, 7) is 1.46. The molecular weight excluding hydrogens is 338 g/mol. The van der Waals surface area contributed by atoms with Gasteiger partial charge in [-0.15, -0.1) is 11.3 Å². The van der Waals surface area contributed by atoms with Crippen LogP contribution < -0.4 is 15.6 Å². The van der Waals surface area contributed by atoms with E-state index in [-0.39, 0.29) is 17.9 Å². The number of carbonyl (C=O) groups is 1. The maximum absolute atomic E-state index is 12.3. The Bertz CT molecular complexity index is 918. The lowest BCUT2D eigenvalue weighted by molar-refractivity contribution is -0.118. The number of benzene rings is 1. The van der Waals surface area contributed by atoms with Crippen LogP contribution in [-0.4, -0.2) is 21.9 Å². The summed E-state index contributed by atoms with van der Waals surface area (Å²) in [5, 5.41) is 4.91. The highest BCUT2D eigenvalue weighted by molar-refractivity contribution is 7.15. The zero-order valence-electron chi connectivity index (χ0n) is 12.1. The van der Waals surface area contributed by atoms with Gasteiger partial charge in [-0.05, 0) is 31.2 Å². The highest BCUT2D eigenvalue weighted by Crippen LogP contribution is 2.16. The Labute approximate surface area is 140 Å². The normalized spacial score (nSPS) is 10.7. The number of amides is 1. The number of halogens is 1. The van der Waals surface area contributed by atoms with Crippen LogP contribution in [0.15, 0.2) is 40.6 Å². The molecule has 0 radical (unpaired) electrons. The van der Waals surface area contributed by atoms with Gasteiger partial charge in [-0.2, -0.15) is 0 Å². The van der Waals surface area contributed by atoms with E-state index in [1.807, 2.05) is 0 Å². The summed E-state index contributed by atoms with van der Waals surface area (Å²) in [6, 6.07) is 6.66. The van der Waals surface area contributed by atoms with Crippen LogP contribution in [0.5, 0.6) is 5.75 Å². The van der Waals surface area contributed by atoms with Crippen molar-refractivity contribution >= 4 is 39.5 Å². The lowest BCUT2D eigenvalue weighted by atomic mass is 10.3. The van der Waals surface area contributed by atoms with E-state index in [1.54, 1.807) is 42.8 Å². The van der Waals surface area contributed by atoms with E-state index < -0.39 is 5.91 Å². The van der Waals surface area contributed by atoms with Crippen molar-refractivity contribution in [2.45, 2.75) is 6.92 Å². The molecule has 23 heavy (non-hydrogen) atoms. The average molecular weight is 350 g/mol. The molecule has 0 aliphatic rings. The molecular formula is C15H12ClN3O3S. The Balaban J connectivity index is 1.72. The molecule has 0 aliphatic heterocycles. The Morgan fingerprint density at radius 3 is 2.87 bits per heavy atom. The Morgan fingerprint density at radius 1 is 1.39 bits per heavy atom. The highest BCUT2D eigenvalue weighted by Gasteiger charge is 2.13. The van der Waals surface area contributed by atoms with E-state index >= 15 is 0 Å². The minimum atomic E-state index is -0.433. The third kappa shape index (κ3) is 3.35. The predicted molar refractivity (Wildman–Crippen MR) is 89.7 cm³/mol. The summed E-state index contributed by atoms with van der Waals surface area (Å²) in [5.41, 5.74) is 0.316. The number of hydrogen-bond acceptors (Lipinski definition) is 5. The van der Waals surface area contributed by atoms with Crippen molar-refractivity contribution in [1.82, 2.24) is 9.38 Å². The molecule has 0 atom stereocenters. The zero-order valence-corrected chi connectivity index (χ0v) is 13.6. The van der Waals surface area contributed by atoms with Crippen LogP contribution in [0.4, 0.5) is 5.69 Å². The number of rotatable bonds is 4. The van der Waals surface area contributed by atoms with Gasteiger partial charge >= 0.3 is 0 Å². The first kappa shape index (κ1) is 15.5. The number of thiazole rings is 1. The summed E-state index contributed by atoms with van der Waals surface area (Å²) in [6.07, 6.45) is 1.62. The number of aryl methyl sites for hydroxylation is 1. The topological polar surface area (TPSA) is 72.7 Å². The lowest BCUT2D eigenvalue weighted by Gasteiger charge is -2.09. The fraction of sp³-hybridized carbons (Fsp3) is 0.133. The summed E-state index contributed by atoms with van der Waals surface area (Å²) >= 11 is 7.13. The van der Waals surface area contributed by atoms with Gasteiger partial charge in [0.25, 0.3) is 11.5 Å². The van der Waals surface area contributed by atoms with E-state index in [0.29, 0.717) is 21.4 Å². The molecule has 1 amide bonds. The SMILES string of the molecule is Cc1nc2sccn2c(=O)c1NC(=O)COc1ccc(Cl)cc1. The van der Waals surface area contributed by atoms with E-state index in [4.69, 9.17) is 16.3 Å². The van der Waals surface area contributed by atoms with E-state index in [1.165, 1.54) is 15.7 Å². The molecule has 1 N–H and O–H groups in total. The van der Waals surface area contributed by atoms with Crippen LogP contribution in [0.1, 0.15) is 5.69 Å². The minimum absolute atomic E-state index is 0.158. The second-order valence-electron chi connectivity index (χ2n) is 4.72. The number of aromatic nitrogens is 2. The second-order valence-corrected chi connectivity index (χ2v) is 6.03. The lowest BCUT2D eigenvalue weighted by Crippen LogP contribution is -2.27. The number of carbonyl (C=O) groups excluding carboxylic acids is 1. The molecule has 3 aromatic rings. The van der Waals surface area contributed by atoms with Gasteiger partial charge in [0, 0.05) is 16.6 Å². The van der Waals surface area contributed by atoms with Gasteiger partial charge in [-0.25, -0.2) is 4.98 Å². The molecule has 2 aromatic heterocycles. The number of anilines is 1. The van der Waals surface area contributed by atoms with Crippen molar-refractivity contribution in [3.63, 3.8) is 0 Å². The van der Waals surface area contributed by atoms with Crippen molar-refractivity contribution < 1.29 is 9.53 Å². The predicted octanol–water partition coefficient (Wildman–Crippen LogP) is 2.74. The van der Waals surface area contributed by atoms with E-state index in [0.717, 1.165) is 0 Å². The molecule has 0 fully saturated rings. The first-order valence-electron chi connectivity index (χ1n) is 6.69. The first-order chi connectivity index (χ1) is 11.0. The first-order valence-corrected chi connectivity index (χ1v) is 7.95. The van der Waals surface area contributed by atoms with Crippen LogP contribution in [0.25, 0.3) is 4.96 Å². The number of fused-ring (bicyclic) bond motifs is 1. The van der Waals surface area contributed by atoms with Crippen molar-refractivity contribution in [3.8, 4) is 5.75 Å². The Morgan fingerprint density at radius 2 is 2.13 bits per heavy atom. The van der Waals surface area contributed by atoms with Crippen molar-refractivity contribution in [2.75, 3.05) is 11.9 Å². The van der Waals surface area contributed by atoms with Crippen molar-refractivity contribution in [1.29, 1.82) is 0 Å². The van der Waals surface area contributed by atoms with Gasteiger partial charge in [0.1, 0.15) is 11.4 Å². The van der Waals surface area contributed by atoms with Crippen LogP contribution in [0, 0.1) is 6.92 Å². The van der Waals surface area contributed by atoms with E-state index in [9.17, 15) is 9.59 Å². The Kier molecular flexibility index (Phi) is 4.31. The molecule has 8 heteroatoms. The van der Waals surface area contributed by atoms with Gasteiger partial charge in [0.2, 0.25) is 0 Å². The summed E-state index contributed by atoms with van der Waals surface area (Å²) in [5.74, 6) is 0.0848. The second kappa shape index (κ2) is 6.39. The number of nitrogens with zero attached hydrogens (tertiary/aromatic N) is 2. The van der Waals surface area contributed by atoms with Gasteiger partial charge in [0.05, 0.1) is 5.69 Å². The average Bonchev–Trinajstić information content (AvgIpc) is 2.99. The van der Waals surface area contributed by atoms with Crippen molar-refractivity contribution in [3.05, 3.63) is 56.9 Å². The zero-order chi connectivity index (χ0) is 16.4. The van der Waals surface area contributed by atoms with Crippen LogP contribution >= 0.6 is 22.9 Å². The summed E-state index contributed by atoms with van der Waals surface area (Å²) in [7, 11) is 0. The molecule has 0 saturated heterocycles. The minimum Gasteiger partial charge on any atom is -0.484 e. The smallest absolute Gasteiger partial charge is 0.282 e. The summed E-state index contributed by atoms with van der Waals surface area (Å²) < 4.78 is 6.75. The van der Waals surface area contributed by atoms with Gasteiger partial charge < -0.3 is 10.1 Å². The van der Waals surface area contributed by atoms with Crippen LogP contribution in [0.2, 0.25) is 5.02 Å². The summed E-state index contributed by atoms with van der Waals surface area (Å²) in [4.78, 5) is 29.2. The van der Waals surface area contributed by atoms with Crippen LogP contribution in [-0.2, 0) is 4.79 Å². The third-order valence-electron chi connectivity index (χ3n) is 3.10. The van der Waals surface area contributed by atoms with Gasteiger partial charge in [0.15, 0.2) is 11.6 Å². The number of nitrogens with one attached hydrogen (secondary N) is 1. The van der Waals surface area contributed by atoms with Crippen LogP contribution in [0.3, 0.4) is 0 Å². The molecule has 118 valence electrons. The van der Waals surface area contributed by atoms with E-state index in [2.05, 4.69) is 10.3 Å². The molecule has 0 bridgehead atoms. The Hall–Kier alpha value is -2.38. The monoisotopic (exact) mass is 349 g/mol. The van der Waals surface area contributed by atoms with Gasteiger partial charge in [-0.1, -0.05) is 11.6 Å². The fourth-order valence-corrected chi connectivity index (χ4v) is 2.86. The fourth-order valence-electron chi connectivity index (χ4n) is 1.98. The molecule has 1 aromatic carbocycles. The molecule has 0 saturated carbocycles. The van der Waals surface area contributed by atoms with Gasteiger partial charge in [-0.3, -0.25) is 14.0 Å². The van der Waals surface area contributed by atoms with Crippen molar-refractivity contribution in [2.24, 2.45) is 0 Å². The molecule has 2 heterocycles. The highest BCUT2D eigenvalue weighted by atomic mass is 35.5. The standard InChI is InChI=1S/C15H12ClN3O3S/c1-9-13(14(21)19-6-7-23-15(19)17-9)18-12(20)8-22-11-4-2-10(16)3-5-11/h2-7H,8H2,1H3,(H,18,20). The maximum atomic E-state index is 12.3. The molecule has 0 unspecified atom stereocenters. The molecule has 3 rings (SSSR count). The maximum Gasteiger partial charge on any atom is 0.282 e. The quantitative estimate of drug-likeness (QED) is 0.786. The number of hydrogen-bond donors (Lipinski definition) is 1. The number of ether oxygens (including phenoxy) is 1. The molecule has 0 spiro atoms. The molecule has 6 nitrogen and oxygen atoms in total.